The molecule has 0 heterocycles. The number of alkyl halides is 9. The van der Waals surface area contributed by atoms with E-state index in [9.17, 15) is 53.1 Å². The number of carbonyl (C=O) groups is 1. The fourth-order valence-electron chi connectivity index (χ4n) is 1.51. The number of benzene rings is 1. The topological polar surface area (TPSA) is 46.5 Å². The Morgan fingerprint density at radius 2 is 1.33 bits per heavy atom. The van der Waals surface area contributed by atoms with Crippen LogP contribution in [0.1, 0.15) is 10.4 Å². The zero-order chi connectivity index (χ0) is 21.4. The zero-order valence-corrected chi connectivity index (χ0v) is 12.2. The number of aromatic carboxylic acids is 1. The SMILES string of the molecule is O=C(O)c1ccccc1OC(F)=C(F)C(F)(F)C(F)(F)C(F)(F)C(F)(F)F. The van der Waals surface area contributed by atoms with E-state index in [0.717, 1.165) is 12.1 Å². The summed E-state index contributed by atoms with van der Waals surface area (Å²) >= 11 is 0. The Morgan fingerprint density at radius 1 is 0.852 bits per heavy atom. The smallest absolute Gasteiger partial charge is 0.460 e. The fraction of sp³-hybridized carbons (Fsp3) is 0.308. The van der Waals surface area contributed by atoms with E-state index in [-0.39, 0.29) is 0 Å². The maximum absolute atomic E-state index is 13.4. The fourth-order valence-corrected chi connectivity index (χ4v) is 1.51. The minimum absolute atomic E-state index is 0.539. The van der Waals surface area contributed by atoms with Crippen LogP contribution in [0.25, 0.3) is 0 Å². The summed E-state index contributed by atoms with van der Waals surface area (Å²) in [5.74, 6) is -29.1. The molecule has 1 aromatic carbocycles. The molecule has 0 aliphatic heterocycles. The first-order valence-corrected chi connectivity index (χ1v) is 6.24. The quantitative estimate of drug-likeness (QED) is 0.501. The van der Waals surface area contributed by atoms with Crippen molar-refractivity contribution in [1.82, 2.24) is 0 Å². The van der Waals surface area contributed by atoms with E-state index in [1.807, 2.05) is 0 Å². The Bertz CT molecular complexity index is 752. The first kappa shape index (κ1) is 22.5. The summed E-state index contributed by atoms with van der Waals surface area (Å²) in [6.07, 6.45) is -7.23. The van der Waals surface area contributed by atoms with Gasteiger partial charge in [-0.1, -0.05) is 12.1 Å². The maximum atomic E-state index is 13.4. The van der Waals surface area contributed by atoms with E-state index >= 15 is 0 Å². The Morgan fingerprint density at radius 3 is 1.78 bits per heavy atom. The predicted molar refractivity (Wildman–Crippen MR) is 64.2 cm³/mol. The molecule has 0 saturated heterocycles. The second-order valence-corrected chi connectivity index (χ2v) is 4.71. The summed E-state index contributed by atoms with van der Waals surface area (Å²) in [4.78, 5) is 10.8. The van der Waals surface area contributed by atoms with E-state index in [1.165, 1.54) is 0 Å². The average Bonchev–Trinajstić information content (AvgIpc) is 2.52. The number of para-hydroxylation sites is 1. The largest absolute Gasteiger partial charge is 0.478 e. The number of allylic oxidation sites excluding steroid dienone is 1. The normalized spacial score (nSPS) is 14.6. The van der Waals surface area contributed by atoms with E-state index in [4.69, 9.17) is 5.11 Å². The Labute approximate surface area is 141 Å². The molecule has 0 bridgehead atoms. The van der Waals surface area contributed by atoms with Gasteiger partial charge in [0.25, 0.3) is 0 Å². The van der Waals surface area contributed by atoms with E-state index in [2.05, 4.69) is 4.74 Å². The number of ether oxygens (including phenoxy) is 1. The van der Waals surface area contributed by atoms with Crippen molar-refractivity contribution in [3.63, 3.8) is 0 Å². The number of carboxylic acids is 1. The molecule has 0 aromatic heterocycles. The molecule has 152 valence electrons. The molecule has 0 atom stereocenters. The minimum Gasteiger partial charge on any atom is -0.478 e. The molecule has 0 unspecified atom stereocenters. The molecule has 1 N–H and O–H groups in total. The third-order valence-electron chi connectivity index (χ3n) is 2.91. The van der Waals surface area contributed by atoms with Crippen molar-refractivity contribution in [3.05, 3.63) is 41.7 Å². The van der Waals surface area contributed by atoms with Crippen LogP contribution in [-0.4, -0.2) is 35.0 Å². The first-order valence-electron chi connectivity index (χ1n) is 6.24. The average molecular weight is 418 g/mol. The maximum Gasteiger partial charge on any atom is 0.460 e. The molecule has 0 saturated carbocycles. The highest BCUT2D eigenvalue weighted by atomic mass is 19.4. The van der Waals surface area contributed by atoms with Crippen LogP contribution in [0.2, 0.25) is 0 Å². The van der Waals surface area contributed by atoms with Crippen molar-refractivity contribution in [2.45, 2.75) is 23.9 Å². The molecule has 0 spiro atoms. The number of rotatable bonds is 6. The van der Waals surface area contributed by atoms with Crippen molar-refractivity contribution in [2.75, 3.05) is 0 Å². The van der Waals surface area contributed by atoms with Gasteiger partial charge in [0.15, 0.2) is 0 Å². The van der Waals surface area contributed by atoms with Crippen LogP contribution in [0.15, 0.2) is 36.1 Å². The summed E-state index contributed by atoms with van der Waals surface area (Å²) in [5.41, 5.74) is -0.990. The Hall–Kier alpha value is -2.54. The number of hydrogen-bond acceptors (Lipinski definition) is 2. The van der Waals surface area contributed by atoms with Crippen molar-refractivity contribution in [1.29, 1.82) is 0 Å². The van der Waals surface area contributed by atoms with Gasteiger partial charge in [-0.25, -0.2) is 4.79 Å². The third kappa shape index (κ3) is 3.78. The molecule has 0 amide bonds. The Balaban J connectivity index is 3.40. The lowest BCUT2D eigenvalue weighted by atomic mass is 10.0. The highest BCUT2D eigenvalue weighted by Gasteiger charge is 2.83. The lowest BCUT2D eigenvalue weighted by Crippen LogP contribution is -2.61. The summed E-state index contributed by atoms with van der Waals surface area (Å²) < 4.78 is 144. The van der Waals surface area contributed by atoms with Gasteiger partial charge in [-0.05, 0) is 12.1 Å². The van der Waals surface area contributed by atoms with Crippen molar-refractivity contribution < 1.29 is 62.9 Å². The van der Waals surface area contributed by atoms with Gasteiger partial charge in [-0.15, -0.1) is 0 Å². The molecule has 0 fully saturated rings. The molecule has 27 heavy (non-hydrogen) atoms. The lowest BCUT2D eigenvalue weighted by molar-refractivity contribution is -0.392. The van der Waals surface area contributed by atoms with Crippen molar-refractivity contribution in [3.8, 4) is 5.75 Å². The summed E-state index contributed by atoms with van der Waals surface area (Å²) in [5, 5.41) is 8.70. The van der Waals surface area contributed by atoms with Gasteiger partial charge in [0.1, 0.15) is 11.3 Å². The van der Waals surface area contributed by atoms with E-state index in [1.54, 1.807) is 0 Å². The number of halogens is 11. The predicted octanol–water partition coefficient (Wildman–Crippen LogP) is 5.34. The van der Waals surface area contributed by atoms with Crippen LogP contribution in [0, 0.1) is 0 Å². The van der Waals surface area contributed by atoms with E-state index < -0.39 is 53.1 Å². The van der Waals surface area contributed by atoms with Crippen molar-refractivity contribution >= 4 is 5.97 Å². The van der Waals surface area contributed by atoms with Crippen LogP contribution < -0.4 is 4.74 Å². The molecule has 1 rings (SSSR count). The van der Waals surface area contributed by atoms with Crippen LogP contribution in [0.3, 0.4) is 0 Å². The minimum atomic E-state index is -7.45. The standard InChI is InChI=1S/C13H5F11O3/c14-7(8(15)27-6-4-2-1-3-5(6)9(25)26)10(16,17)11(18,19)12(20,21)13(22,23)24/h1-4H,(H,25,26). The monoisotopic (exact) mass is 418 g/mol. The Kier molecular flexibility index (Phi) is 5.74. The van der Waals surface area contributed by atoms with E-state index in [0.29, 0.717) is 12.1 Å². The molecule has 0 radical (unpaired) electrons. The van der Waals surface area contributed by atoms with Gasteiger partial charge in [0, 0.05) is 0 Å². The summed E-state index contributed by atoms with van der Waals surface area (Å²) in [6.45, 7) is 0. The molecule has 3 nitrogen and oxygen atoms in total. The molecule has 0 aliphatic carbocycles. The summed E-state index contributed by atoms with van der Waals surface area (Å²) in [7, 11) is 0. The highest BCUT2D eigenvalue weighted by Crippen LogP contribution is 2.55. The molecule has 14 heteroatoms. The number of carboxylic acid groups (broad SMARTS) is 1. The number of hydrogen-bond donors (Lipinski definition) is 1. The van der Waals surface area contributed by atoms with Gasteiger partial charge < -0.3 is 9.84 Å². The van der Waals surface area contributed by atoms with Gasteiger partial charge in [0.05, 0.1) is 0 Å². The highest BCUT2D eigenvalue weighted by molar-refractivity contribution is 5.90. The first-order chi connectivity index (χ1) is 12.0. The molecular weight excluding hydrogens is 413 g/mol. The van der Waals surface area contributed by atoms with Crippen LogP contribution in [-0.2, 0) is 0 Å². The lowest BCUT2D eigenvalue weighted by Gasteiger charge is -2.32. The van der Waals surface area contributed by atoms with Crippen LogP contribution >= 0.6 is 0 Å². The van der Waals surface area contributed by atoms with Crippen LogP contribution in [0.4, 0.5) is 48.3 Å². The second kappa shape index (κ2) is 6.88. The molecular formula is C13H5F11O3. The molecule has 1 aromatic rings. The third-order valence-corrected chi connectivity index (χ3v) is 2.91. The van der Waals surface area contributed by atoms with Gasteiger partial charge >= 0.3 is 35.9 Å². The summed E-state index contributed by atoms with van der Waals surface area (Å²) in [6, 6.07) is -0.227. The zero-order valence-electron chi connectivity index (χ0n) is 12.2. The van der Waals surface area contributed by atoms with Crippen molar-refractivity contribution in [2.24, 2.45) is 0 Å². The van der Waals surface area contributed by atoms with Gasteiger partial charge in [-0.3, -0.25) is 0 Å². The van der Waals surface area contributed by atoms with Crippen LogP contribution in [0.5, 0.6) is 5.75 Å². The molecule has 0 aliphatic rings. The van der Waals surface area contributed by atoms with Gasteiger partial charge in [0.2, 0.25) is 5.83 Å². The van der Waals surface area contributed by atoms with Gasteiger partial charge in [-0.2, -0.15) is 48.3 Å². The second-order valence-electron chi connectivity index (χ2n) is 4.71.